The Labute approximate surface area is 137 Å². The van der Waals surface area contributed by atoms with Gasteiger partial charge >= 0.3 is 0 Å². The number of halogens is 2. The summed E-state index contributed by atoms with van der Waals surface area (Å²) >= 11 is 9.31. The Morgan fingerprint density at radius 3 is 2.43 bits per heavy atom. The monoisotopic (exact) mass is 366 g/mol. The van der Waals surface area contributed by atoms with E-state index in [1.54, 1.807) is 12.1 Å². The normalized spacial score (nSPS) is 10.3. The summed E-state index contributed by atoms with van der Waals surface area (Å²) in [6, 6.07) is 11.3. The molecular weight excluding hydrogens is 352 g/mol. The molecule has 0 saturated heterocycles. The number of anilines is 2. The van der Waals surface area contributed by atoms with Crippen molar-refractivity contribution in [3.8, 4) is 0 Å². The highest BCUT2D eigenvalue weighted by atomic mass is 79.9. The van der Waals surface area contributed by atoms with Crippen molar-refractivity contribution in [2.45, 2.75) is 13.8 Å². The minimum atomic E-state index is -0.0947. The third-order valence-corrected chi connectivity index (χ3v) is 3.82. The summed E-state index contributed by atoms with van der Waals surface area (Å²) in [4.78, 5) is 12.0. The first-order valence-corrected chi connectivity index (χ1v) is 7.69. The van der Waals surface area contributed by atoms with Gasteiger partial charge in [-0.3, -0.25) is 4.79 Å². The predicted octanol–water partition coefficient (Wildman–Crippen LogP) is 4.77. The van der Waals surface area contributed by atoms with E-state index in [2.05, 4.69) is 26.6 Å². The molecule has 1 amide bonds. The lowest BCUT2D eigenvalue weighted by molar-refractivity contribution is -0.114. The molecule has 21 heavy (non-hydrogen) atoms. The number of carbonyl (C=O) groups is 1. The number of rotatable bonds is 4. The maximum absolute atomic E-state index is 12.0. The standard InChI is InChI=1S/C16H16BrClN2O/c1-10-7-12(17)3-5-14(10)19-9-16(21)20-15-6-4-13(18)8-11(15)2/h3-8,19H,9H2,1-2H3,(H,20,21). The van der Waals surface area contributed by atoms with E-state index in [9.17, 15) is 4.79 Å². The molecule has 0 aliphatic rings. The highest BCUT2D eigenvalue weighted by Gasteiger charge is 2.06. The molecule has 0 heterocycles. The molecule has 5 heteroatoms. The molecule has 110 valence electrons. The second kappa shape index (κ2) is 6.96. The Hall–Kier alpha value is -1.52. The molecule has 3 nitrogen and oxygen atoms in total. The van der Waals surface area contributed by atoms with E-state index in [1.165, 1.54) is 0 Å². The first-order valence-electron chi connectivity index (χ1n) is 6.52. The average Bonchev–Trinajstić information content (AvgIpc) is 2.41. The molecule has 2 rings (SSSR count). The van der Waals surface area contributed by atoms with Crippen LogP contribution in [-0.2, 0) is 4.79 Å². The van der Waals surface area contributed by atoms with Gasteiger partial charge in [0.1, 0.15) is 0 Å². The van der Waals surface area contributed by atoms with Gasteiger partial charge in [0.05, 0.1) is 6.54 Å². The van der Waals surface area contributed by atoms with E-state index < -0.39 is 0 Å². The number of benzene rings is 2. The van der Waals surface area contributed by atoms with Gasteiger partial charge in [0.15, 0.2) is 0 Å². The van der Waals surface area contributed by atoms with Gasteiger partial charge in [0.25, 0.3) is 0 Å². The van der Waals surface area contributed by atoms with Crippen molar-refractivity contribution in [3.63, 3.8) is 0 Å². The summed E-state index contributed by atoms with van der Waals surface area (Å²) in [7, 11) is 0. The molecule has 0 atom stereocenters. The van der Waals surface area contributed by atoms with Gasteiger partial charge in [-0.05, 0) is 61.4 Å². The van der Waals surface area contributed by atoms with Gasteiger partial charge in [-0.15, -0.1) is 0 Å². The van der Waals surface area contributed by atoms with Crippen molar-refractivity contribution in [1.82, 2.24) is 0 Å². The third kappa shape index (κ3) is 4.48. The van der Waals surface area contributed by atoms with Crippen molar-refractivity contribution >= 4 is 44.8 Å². The summed E-state index contributed by atoms with van der Waals surface area (Å²) in [5, 5.41) is 6.66. The first kappa shape index (κ1) is 15.9. The van der Waals surface area contributed by atoms with Crippen LogP contribution in [-0.4, -0.2) is 12.5 Å². The van der Waals surface area contributed by atoms with E-state index >= 15 is 0 Å². The van der Waals surface area contributed by atoms with E-state index in [-0.39, 0.29) is 12.5 Å². The van der Waals surface area contributed by atoms with Crippen molar-refractivity contribution in [2.24, 2.45) is 0 Å². The highest BCUT2D eigenvalue weighted by molar-refractivity contribution is 9.10. The van der Waals surface area contributed by atoms with Crippen LogP contribution in [0, 0.1) is 13.8 Å². The Balaban J connectivity index is 1.96. The van der Waals surface area contributed by atoms with Gasteiger partial charge in [-0.25, -0.2) is 0 Å². The molecule has 0 saturated carbocycles. The molecule has 2 aromatic rings. The first-order chi connectivity index (χ1) is 9.95. The van der Waals surface area contributed by atoms with Crippen LogP contribution >= 0.6 is 27.5 Å². The fraction of sp³-hybridized carbons (Fsp3) is 0.188. The summed E-state index contributed by atoms with van der Waals surface area (Å²) in [6.07, 6.45) is 0. The number of amides is 1. The predicted molar refractivity (Wildman–Crippen MR) is 92.2 cm³/mol. The summed E-state index contributed by atoms with van der Waals surface area (Å²) < 4.78 is 1.02. The van der Waals surface area contributed by atoms with E-state index in [0.717, 1.165) is 27.0 Å². The van der Waals surface area contributed by atoms with Crippen molar-refractivity contribution in [1.29, 1.82) is 0 Å². The van der Waals surface area contributed by atoms with Gasteiger partial charge in [-0.1, -0.05) is 27.5 Å². The Morgan fingerprint density at radius 2 is 1.76 bits per heavy atom. The minimum absolute atomic E-state index is 0.0947. The van der Waals surface area contributed by atoms with Crippen LogP contribution < -0.4 is 10.6 Å². The maximum Gasteiger partial charge on any atom is 0.243 e. The van der Waals surface area contributed by atoms with E-state index in [4.69, 9.17) is 11.6 Å². The lowest BCUT2D eigenvalue weighted by Crippen LogP contribution is -2.22. The van der Waals surface area contributed by atoms with Gasteiger partial charge in [-0.2, -0.15) is 0 Å². The molecule has 0 spiro atoms. The Kier molecular flexibility index (Phi) is 5.26. The molecule has 0 fully saturated rings. The second-order valence-electron chi connectivity index (χ2n) is 4.82. The average molecular weight is 368 g/mol. The van der Waals surface area contributed by atoms with Gasteiger partial charge in [0.2, 0.25) is 5.91 Å². The fourth-order valence-corrected chi connectivity index (χ4v) is 2.66. The third-order valence-electron chi connectivity index (χ3n) is 3.09. The molecule has 0 unspecified atom stereocenters. The molecule has 2 N–H and O–H groups in total. The lowest BCUT2D eigenvalue weighted by atomic mass is 10.2. The minimum Gasteiger partial charge on any atom is -0.376 e. The Morgan fingerprint density at radius 1 is 1.10 bits per heavy atom. The fourth-order valence-electron chi connectivity index (χ4n) is 1.96. The van der Waals surface area contributed by atoms with Crippen LogP contribution in [0.4, 0.5) is 11.4 Å². The molecule has 0 radical (unpaired) electrons. The topological polar surface area (TPSA) is 41.1 Å². The van der Waals surface area contributed by atoms with Crippen molar-refractivity contribution in [2.75, 3.05) is 17.2 Å². The zero-order chi connectivity index (χ0) is 15.4. The SMILES string of the molecule is Cc1cc(Br)ccc1NCC(=O)Nc1ccc(Cl)cc1C. The van der Waals surface area contributed by atoms with Crippen LogP contribution in [0.3, 0.4) is 0 Å². The molecule has 0 aromatic heterocycles. The van der Waals surface area contributed by atoms with Crippen LogP contribution in [0.25, 0.3) is 0 Å². The molecule has 2 aromatic carbocycles. The summed E-state index contributed by atoms with van der Waals surface area (Å²) in [5.74, 6) is -0.0947. The highest BCUT2D eigenvalue weighted by Crippen LogP contribution is 2.21. The number of nitrogens with one attached hydrogen (secondary N) is 2. The maximum atomic E-state index is 12.0. The Bertz CT molecular complexity index is 673. The van der Waals surface area contributed by atoms with E-state index in [1.807, 2.05) is 38.1 Å². The van der Waals surface area contributed by atoms with E-state index in [0.29, 0.717) is 5.02 Å². The van der Waals surface area contributed by atoms with Gasteiger partial charge in [0, 0.05) is 20.9 Å². The number of aryl methyl sites for hydroxylation is 2. The molecule has 0 bridgehead atoms. The lowest BCUT2D eigenvalue weighted by Gasteiger charge is -2.12. The zero-order valence-corrected chi connectivity index (χ0v) is 14.2. The smallest absolute Gasteiger partial charge is 0.243 e. The molecule has 0 aliphatic heterocycles. The van der Waals surface area contributed by atoms with Crippen LogP contribution in [0.15, 0.2) is 40.9 Å². The van der Waals surface area contributed by atoms with Crippen molar-refractivity contribution < 1.29 is 4.79 Å². The number of hydrogen-bond acceptors (Lipinski definition) is 2. The zero-order valence-electron chi connectivity index (χ0n) is 11.8. The summed E-state index contributed by atoms with van der Waals surface area (Å²) in [6.45, 7) is 4.12. The number of carbonyl (C=O) groups excluding carboxylic acids is 1. The second-order valence-corrected chi connectivity index (χ2v) is 6.17. The van der Waals surface area contributed by atoms with Crippen LogP contribution in [0.5, 0.6) is 0 Å². The van der Waals surface area contributed by atoms with Crippen molar-refractivity contribution in [3.05, 3.63) is 57.0 Å². The largest absolute Gasteiger partial charge is 0.376 e. The van der Waals surface area contributed by atoms with Gasteiger partial charge < -0.3 is 10.6 Å². The quantitative estimate of drug-likeness (QED) is 0.817. The van der Waals surface area contributed by atoms with Crippen LogP contribution in [0.2, 0.25) is 5.02 Å². The summed E-state index contributed by atoms with van der Waals surface area (Å²) in [5.41, 5.74) is 3.75. The molecule has 0 aliphatic carbocycles. The van der Waals surface area contributed by atoms with Crippen LogP contribution in [0.1, 0.15) is 11.1 Å². The number of hydrogen-bond donors (Lipinski definition) is 2. The molecular formula is C16H16BrClN2O.